The van der Waals surface area contributed by atoms with Gasteiger partial charge in [0.25, 0.3) is 0 Å². The first-order valence-electron chi connectivity index (χ1n) is 11.6. The molecule has 176 valence electrons. The van der Waals surface area contributed by atoms with Gasteiger partial charge in [-0.1, -0.05) is 78.3 Å². The van der Waals surface area contributed by atoms with Crippen LogP contribution in [0, 0.1) is 0 Å². The van der Waals surface area contributed by atoms with Crippen LogP contribution in [-0.4, -0.2) is 16.8 Å². The van der Waals surface area contributed by atoms with Gasteiger partial charge in [-0.3, -0.25) is 0 Å². The summed E-state index contributed by atoms with van der Waals surface area (Å²) in [6.45, 7) is 0.782. The Labute approximate surface area is 210 Å². The number of ether oxygens (including phenoxy) is 1. The lowest BCUT2D eigenvalue weighted by Gasteiger charge is -2.17. The molecule has 1 heterocycles. The third kappa shape index (κ3) is 5.10. The molecule has 0 aliphatic carbocycles. The molecule has 1 atom stereocenters. The second-order valence-electron chi connectivity index (χ2n) is 8.57. The van der Waals surface area contributed by atoms with E-state index < -0.39 is 6.29 Å². The maximum atomic E-state index is 10.4. The van der Waals surface area contributed by atoms with Gasteiger partial charge in [0.2, 0.25) is 0 Å². The molecule has 0 bridgehead atoms. The predicted molar refractivity (Wildman–Crippen MR) is 143 cm³/mol. The number of aromatic nitrogens is 1. The molecule has 0 amide bonds. The zero-order chi connectivity index (χ0) is 24.2. The summed E-state index contributed by atoms with van der Waals surface area (Å²) in [5, 5.41) is 15.7. The lowest BCUT2D eigenvalue weighted by Crippen LogP contribution is -2.04. The summed E-state index contributed by atoms with van der Waals surface area (Å²) in [5.74, 6) is 0. The van der Waals surface area contributed by atoms with Crippen LogP contribution in [0.5, 0.6) is 0 Å². The summed E-state index contributed by atoms with van der Waals surface area (Å²) in [6, 6.07) is 32.7. The van der Waals surface area contributed by atoms with Crippen LogP contribution in [0.1, 0.15) is 28.5 Å². The molecule has 0 radical (unpaired) electrons. The van der Waals surface area contributed by atoms with Gasteiger partial charge in [0, 0.05) is 47.2 Å². The summed E-state index contributed by atoms with van der Waals surface area (Å²) in [6.07, 6.45) is 1.98. The summed E-state index contributed by atoms with van der Waals surface area (Å²) in [5.41, 5.74) is 7.18. The van der Waals surface area contributed by atoms with E-state index in [4.69, 9.17) is 16.3 Å². The van der Waals surface area contributed by atoms with Crippen molar-refractivity contribution in [2.75, 3.05) is 12.4 Å². The number of methoxy groups -OCH3 is 1. The molecule has 35 heavy (non-hydrogen) atoms. The number of aliphatic hydroxyl groups is 1. The molecule has 4 nitrogen and oxygen atoms in total. The zero-order valence-electron chi connectivity index (χ0n) is 19.5. The molecular weight excluding hydrogens is 456 g/mol. The van der Waals surface area contributed by atoms with E-state index in [1.165, 1.54) is 23.8 Å². The number of nitrogens with zero attached hydrogens (tertiary/aromatic N) is 1. The fourth-order valence-electron chi connectivity index (χ4n) is 4.53. The van der Waals surface area contributed by atoms with Gasteiger partial charge in [-0.05, 0) is 53.4 Å². The smallest absolute Gasteiger partial charge is 0.182 e. The molecule has 0 saturated carbocycles. The minimum absolute atomic E-state index is 0.540. The van der Waals surface area contributed by atoms with Crippen molar-refractivity contribution in [3.63, 3.8) is 0 Å². The van der Waals surface area contributed by atoms with Gasteiger partial charge in [0.1, 0.15) is 0 Å². The van der Waals surface area contributed by atoms with Gasteiger partial charge in [0.15, 0.2) is 6.29 Å². The maximum Gasteiger partial charge on any atom is 0.182 e. The van der Waals surface area contributed by atoms with Crippen LogP contribution in [0.3, 0.4) is 0 Å². The number of nitrogens with one attached hydrogen (secondary N) is 1. The number of hydrogen-bond donors (Lipinski definition) is 2. The molecule has 0 aliphatic rings. The van der Waals surface area contributed by atoms with Crippen LogP contribution in [0.25, 0.3) is 10.9 Å². The van der Waals surface area contributed by atoms with Crippen molar-refractivity contribution in [1.29, 1.82) is 0 Å². The van der Waals surface area contributed by atoms with Crippen molar-refractivity contribution in [3.8, 4) is 0 Å². The van der Waals surface area contributed by atoms with Crippen molar-refractivity contribution in [1.82, 2.24) is 4.57 Å². The molecular formula is C30H27ClN2O2. The number of rotatable bonds is 8. The van der Waals surface area contributed by atoms with Crippen LogP contribution < -0.4 is 5.32 Å². The fourth-order valence-corrected chi connectivity index (χ4v) is 4.71. The van der Waals surface area contributed by atoms with Gasteiger partial charge in [0.05, 0.1) is 5.52 Å². The lowest BCUT2D eigenvalue weighted by atomic mass is 10.0. The van der Waals surface area contributed by atoms with Crippen molar-refractivity contribution in [2.45, 2.75) is 19.3 Å². The number of aliphatic hydroxyl groups excluding tert-OH is 1. The largest absolute Gasteiger partial charge is 0.364 e. The lowest BCUT2D eigenvalue weighted by molar-refractivity contribution is -0.0764. The van der Waals surface area contributed by atoms with Gasteiger partial charge >= 0.3 is 0 Å². The van der Waals surface area contributed by atoms with E-state index in [9.17, 15) is 5.11 Å². The number of fused-ring (bicyclic) bond motifs is 1. The summed E-state index contributed by atoms with van der Waals surface area (Å²) < 4.78 is 7.49. The highest BCUT2D eigenvalue weighted by molar-refractivity contribution is 6.30. The van der Waals surface area contributed by atoms with Crippen LogP contribution in [0.2, 0.25) is 5.02 Å². The van der Waals surface area contributed by atoms with Crippen LogP contribution in [-0.2, 0) is 17.7 Å². The number of anilines is 2. The summed E-state index contributed by atoms with van der Waals surface area (Å²) in [7, 11) is 1.47. The van der Waals surface area contributed by atoms with E-state index >= 15 is 0 Å². The molecule has 5 aromatic rings. The molecule has 2 N–H and O–H groups in total. The molecule has 5 heteroatoms. The number of benzene rings is 4. The second kappa shape index (κ2) is 10.4. The Kier molecular flexibility index (Phi) is 6.87. The standard InChI is InChI=1S/C30H27ClN2O2/c1-35-30(34)25-18-24(31)15-16-26(25)32-27-13-8-14-28-29(27)23(17-21-9-4-2-5-10-21)20-33(28)19-22-11-6-3-7-12-22/h2-16,18,20,30,32,34H,17,19H2,1H3. The molecule has 0 spiro atoms. The fraction of sp³-hybridized carbons (Fsp3) is 0.133. The number of hydrogen-bond acceptors (Lipinski definition) is 3. The first-order chi connectivity index (χ1) is 17.1. The van der Waals surface area contributed by atoms with E-state index in [0.717, 1.165) is 35.2 Å². The molecule has 0 aliphatic heterocycles. The zero-order valence-corrected chi connectivity index (χ0v) is 20.2. The molecule has 0 fully saturated rings. The Morgan fingerprint density at radius 3 is 2.29 bits per heavy atom. The van der Waals surface area contributed by atoms with Crippen molar-refractivity contribution < 1.29 is 9.84 Å². The predicted octanol–water partition coefficient (Wildman–Crippen LogP) is 7.31. The first-order valence-corrected chi connectivity index (χ1v) is 12.0. The monoisotopic (exact) mass is 482 g/mol. The van der Waals surface area contributed by atoms with E-state index in [-0.39, 0.29) is 0 Å². The minimum Gasteiger partial charge on any atom is -0.364 e. The van der Waals surface area contributed by atoms with Crippen molar-refractivity contribution >= 4 is 33.9 Å². The quantitative estimate of drug-likeness (QED) is 0.228. The van der Waals surface area contributed by atoms with Gasteiger partial charge in [-0.25, -0.2) is 0 Å². The van der Waals surface area contributed by atoms with Crippen LogP contribution >= 0.6 is 11.6 Å². The first kappa shape index (κ1) is 23.2. The van der Waals surface area contributed by atoms with Crippen LogP contribution in [0.4, 0.5) is 11.4 Å². The van der Waals surface area contributed by atoms with Crippen molar-refractivity contribution in [2.24, 2.45) is 0 Å². The summed E-state index contributed by atoms with van der Waals surface area (Å²) >= 11 is 6.21. The van der Waals surface area contributed by atoms with Crippen LogP contribution in [0.15, 0.2) is 103 Å². The highest BCUT2D eigenvalue weighted by atomic mass is 35.5. The number of halogens is 1. The molecule has 1 unspecified atom stereocenters. The van der Waals surface area contributed by atoms with E-state index in [1.807, 2.05) is 18.2 Å². The Hall–Kier alpha value is -3.57. The second-order valence-corrected chi connectivity index (χ2v) is 9.01. The van der Waals surface area contributed by atoms with E-state index in [1.54, 1.807) is 12.1 Å². The van der Waals surface area contributed by atoms with E-state index in [2.05, 4.69) is 82.8 Å². The van der Waals surface area contributed by atoms with Gasteiger partial charge < -0.3 is 19.7 Å². The van der Waals surface area contributed by atoms with Gasteiger partial charge in [-0.2, -0.15) is 0 Å². The third-order valence-corrected chi connectivity index (χ3v) is 6.43. The van der Waals surface area contributed by atoms with Crippen molar-refractivity contribution in [3.05, 3.63) is 131 Å². The molecule has 4 aromatic carbocycles. The highest BCUT2D eigenvalue weighted by Gasteiger charge is 2.17. The maximum absolute atomic E-state index is 10.4. The molecule has 5 rings (SSSR count). The Bertz CT molecular complexity index is 1430. The Morgan fingerprint density at radius 2 is 1.57 bits per heavy atom. The highest BCUT2D eigenvalue weighted by Crippen LogP contribution is 2.35. The molecule has 1 aromatic heterocycles. The normalized spacial score (nSPS) is 12.1. The summed E-state index contributed by atoms with van der Waals surface area (Å²) in [4.78, 5) is 0. The minimum atomic E-state index is -1.08. The average molecular weight is 483 g/mol. The molecule has 0 saturated heterocycles. The van der Waals surface area contributed by atoms with Gasteiger partial charge in [-0.15, -0.1) is 0 Å². The SMILES string of the molecule is COC(O)c1cc(Cl)ccc1Nc1cccc2c1c(Cc1ccccc1)cn2Cc1ccccc1. The Morgan fingerprint density at radius 1 is 0.857 bits per heavy atom. The third-order valence-electron chi connectivity index (χ3n) is 6.19. The Balaban J connectivity index is 1.62. The van der Waals surface area contributed by atoms with E-state index in [0.29, 0.717) is 10.6 Å². The average Bonchev–Trinajstić information content (AvgIpc) is 3.23. The topological polar surface area (TPSA) is 46.4 Å².